The Labute approximate surface area is 67.7 Å². The largest absolute Gasteiger partial charge is 0.441 e. The summed E-state index contributed by atoms with van der Waals surface area (Å²) in [6.07, 6.45) is 0. The van der Waals surface area contributed by atoms with Crippen molar-refractivity contribution in [2.45, 2.75) is 6.92 Å². The van der Waals surface area contributed by atoms with E-state index in [1.807, 2.05) is 25.1 Å². The van der Waals surface area contributed by atoms with Crippen LogP contribution in [-0.4, -0.2) is 15.2 Å². The molecule has 0 unspecified atom stereocenters. The topological polar surface area (TPSA) is 26.0 Å². The van der Waals surface area contributed by atoms with E-state index in [1.54, 1.807) is 0 Å². The van der Waals surface area contributed by atoms with Crippen molar-refractivity contribution in [3.63, 3.8) is 0 Å². The third-order valence-corrected chi connectivity index (χ3v) is 1.92. The Morgan fingerprint density at radius 3 is 3.00 bits per heavy atom. The first kappa shape index (κ1) is 6.61. The fourth-order valence-electron chi connectivity index (χ4n) is 1.06. The molecule has 0 spiro atoms. The molecule has 0 aliphatic heterocycles. The lowest BCUT2D eigenvalue weighted by Crippen LogP contribution is -2.00. The number of hydrogen-bond acceptors (Lipinski definition) is 2. The maximum atomic E-state index is 5.34. The highest BCUT2D eigenvalue weighted by molar-refractivity contribution is 6.37. The number of para-hydroxylation sites is 1. The minimum Gasteiger partial charge on any atom is -0.441 e. The summed E-state index contributed by atoms with van der Waals surface area (Å²) in [5.41, 5.74) is 1.72. The first-order valence-corrected chi connectivity index (χ1v) is 3.85. The molecule has 3 radical (unpaired) electrons. The molecule has 2 rings (SSSR count). The Kier molecular flexibility index (Phi) is 1.32. The minimum atomic E-state index is 0.700. The van der Waals surface area contributed by atoms with Crippen molar-refractivity contribution in [1.82, 2.24) is 4.98 Å². The molecule has 0 fully saturated rings. The Morgan fingerprint density at radius 1 is 1.45 bits per heavy atom. The Bertz CT molecular complexity index is 394. The van der Waals surface area contributed by atoms with Gasteiger partial charge in [-0.05, 0) is 11.3 Å². The normalized spacial score (nSPS) is 10.7. The molecular weight excluding hydrogens is 154 g/mol. The smallest absolute Gasteiger partial charge is 0.192 e. The zero-order valence-electron chi connectivity index (χ0n) is 6.09. The highest BCUT2D eigenvalue weighted by Gasteiger charge is 2.02. The van der Waals surface area contributed by atoms with E-state index >= 15 is 0 Å². The minimum absolute atomic E-state index is 0.700. The van der Waals surface area contributed by atoms with E-state index in [4.69, 9.17) is 4.42 Å². The van der Waals surface area contributed by atoms with Crippen LogP contribution in [0.4, 0.5) is 0 Å². The van der Waals surface area contributed by atoms with Crippen molar-refractivity contribution in [3.05, 3.63) is 24.1 Å². The van der Waals surface area contributed by atoms with Crippen molar-refractivity contribution in [1.29, 1.82) is 0 Å². The maximum Gasteiger partial charge on any atom is 0.192 e. The summed E-state index contributed by atoms with van der Waals surface area (Å²) in [5.74, 6) is 0.700. The zero-order valence-corrected chi connectivity index (χ0v) is 7.09. The molecule has 1 aromatic carbocycles. The summed E-state index contributed by atoms with van der Waals surface area (Å²) in [6, 6.07) is 5.80. The van der Waals surface area contributed by atoms with Crippen molar-refractivity contribution >= 4 is 26.5 Å². The molecule has 1 aromatic heterocycles. The number of nitrogens with zero attached hydrogens (tertiary/aromatic N) is 1. The molecular formula is C8H6NOSi. The molecule has 2 nitrogen and oxygen atoms in total. The molecule has 0 N–H and O–H groups in total. The van der Waals surface area contributed by atoms with Gasteiger partial charge in [0.1, 0.15) is 5.52 Å². The van der Waals surface area contributed by atoms with Crippen LogP contribution in [0, 0.1) is 6.92 Å². The molecule has 0 bridgehead atoms. The first-order valence-electron chi connectivity index (χ1n) is 3.35. The van der Waals surface area contributed by atoms with Gasteiger partial charge in [-0.25, -0.2) is 4.98 Å². The quantitative estimate of drug-likeness (QED) is 0.536. The fraction of sp³-hybridized carbons (Fsp3) is 0.125. The average Bonchev–Trinajstić information content (AvgIpc) is 2.31. The third kappa shape index (κ3) is 0.972. The second kappa shape index (κ2) is 2.20. The van der Waals surface area contributed by atoms with Crippen LogP contribution >= 0.6 is 0 Å². The Balaban J connectivity index is 2.90. The van der Waals surface area contributed by atoms with Gasteiger partial charge >= 0.3 is 0 Å². The molecule has 1 heterocycles. The predicted molar refractivity (Wildman–Crippen MR) is 44.1 cm³/mol. The van der Waals surface area contributed by atoms with Gasteiger partial charge in [-0.15, -0.1) is 0 Å². The van der Waals surface area contributed by atoms with Gasteiger partial charge in [-0.2, -0.15) is 0 Å². The van der Waals surface area contributed by atoms with Crippen LogP contribution in [0.2, 0.25) is 0 Å². The van der Waals surface area contributed by atoms with E-state index in [2.05, 4.69) is 15.2 Å². The summed E-state index contributed by atoms with van der Waals surface area (Å²) in [5, 5.41) is 0.947. The van der Waals surface area contributed by atoms with Crippen LogP contribution in [0.15, 0.2) is 22.6 Å². The summed E-state index contributed by atoms with van der Waals surface area (Å²) >= 11 is 0. The van der Waals surface area contributed by atoms with Gasteiger partial charge in [-0.3, -0.25) is 0 Å². The number of fused-ring (bicyclic) bond motifs is 1. The standard InChI is InChI=1S/C8H6NOSi/c1-5-9-6-3-2-4-7(11)8(6)10-5/h2-4H,1H3. The van der Waals surface area contributed by atoms with E-state index in [0.717, 1.165) is 16.3 Å². The molecule has 3 heteroatoms. The molecule has 0 atom stereocenters. The monoisotopic (exact) mass is 160 g/mol. The van der Waals surface area contributed by atoms with Crippen LogP contribution in [-0.2, 0) is 0 Å². The van der Waals surface area contributed by atoms with E-state index in [-0.39, 0.29) is 0 Å². The van der Waals surface area contributed by atoms with E-state index in [9.17, 15) is 0 Å². The zero-order chi connectivity index (χ0) is 7.84. The average molecular weight is 160 g/mol. The molecule has 0 amide bonds. The lowest BCUT2D eigenvalue weighted by molar-refractivity contribution is 0.563. The van der Waals surface area contributed by atoms with E-state index in [1.165, 1.54) is 0 Å². The number of benzene rings is 1. The molecule has 11 heavy (non-hydrogen) atoms. The van der Waals surface area contributed by atoms with Gasteiger partial charge in [0.25, 0.3) is 0 Å². The Morgan fingerprint density at radius 2 is 2.27 bits per heavy atom. The van der Waals surface area contributed by atoms with Crippen LogP contribution in [0.3, 0.4) is 0 Å². The van der Waals surface area contributed by atoms with Crippen molar-refractivity contribution in [3.8, 4) is 0 Å². The molecule has 0 aliphatic rings. The van der Waals surface area contributed by atoms with Crippen molar-refractivity contribution in [2.24, 2.45) is 0 Å². The molecule has 2 aromatic rings. The molecule has 0 saturated heterocycles. The summed E-state index contributed by atoms with van der Waals surface area (Å²) < 4.78 is 5.34. The van der Waals surface area contributed by atoms with Crippen LogP contribution in [0.5, 0.6) is 0 Å². The number of rotatable bonds is 0. The van der Waals surface area contributed by atoms with Gasteiger partial charge in [0.05, 0.1) is 10.2 Å². The van der Waals surface area contributed by atoms with Crippen LogP contribution in [0.25, 0.3) is 11.1 Å². The summed E-state index contributed by atoms with van der Waals surface area (Å²) in [7, 11) is 3.43. The van der Waals surface area contributed by atoms with E-state index in [0.29, 0.717) is 5.89 Å². The van der Waals surface area contributed by atoms with Crippen molar-refractivity contribution in [2.75, 3.05) is 0 Å². The van der Waals surface area contributed by atoms with Crippen molar-refractivity contribution < 1.29 is 4.42 Å². The summed E-state index contributed by atoms with van der Waals surface area (Å²) in [4.78, 5) is 4.18. The van der Waals surface area contributed by atoms with Gasteiger partial charge < -0.3 is 4.42 Å². The third-order valence-electron chi connectivity index (χ3n) is 1.52. The summed E-state index contributed by atoms with van der Waals surface area (Å²) in [6.45, 7) is 1.84. The number of aromatic nitrogens is 1. The second-order valence-electron chi connectivity index (χ2n) is 2.39. The fourth-order valence-corrected chi connectivity index (χ4v) is 1.34. The van der Waals surface area contributed by atoms with Crippen LogP contribution < -0.4 is 5.19 Å². The van der Waals surface area contributed by atoms with Gasteiger partial charge in [0, 0.05) is 6.92 Å². The van der Waals surface area contributed by atoms with Crippen LogP contribution in [0.1, 0.15) is 5.89 Å². The number of oxazole rings is 1. The molecule has 0 aliphatic carbocycles. The number of hydrogen-bond donors (Lipinski definition) is 0. The SMILES string of the molecule is Cc1nc2cccc([Si])c2o1. The van der Waals surface area contributed by atoms with E-state index < -0.39 is 0 Å². The second-order valence-corrected chi connectivity index (χ2v) is 2.93. The lowest BCUT2D eigenvalue weighted by Gasteiger charge is -1.89. The highest BCUT2D eigenvalue weighted by Crippen LogP contribution is 2.10. The lowest BCUT2D eigenvalue weighted by atomic mass is 10.3. The van der Waals surface area contributed by atoms with Gasteiger partial charge in [0.15, 0.2) is 11.5 Å². The van der Waals surface area contributed by atoms with Gasteiger partial charge in [0.2, 0.25) is 0 Å². The molecule has 0 saturated carbocycles. The predicted octanol–water partition coefficient (Wildman–Crippen LogP) is 0.930. The van der Waals surface area contributed by atoms with Gasteiger partial charge in [-0.1, -0.05) is 12.1 Å². The first-order chi connectivity index (χ1) is 5.27. The Hall–Kier alpha value is -1.09. The maximum absolute atomic E-state index is 5.34. The number of aryl methyl sites for hydroxylation is 1. The molecule has 53 valence electrons. The highest BCUT2D eigenvalue weighted by atomic mass is 28.1.